The average Bonchev–Trinajstić information content (AvgIpc) is 2.97. The molecule has 3 rings (SSSR count). The van der Waals surface area contributed by atoms with Gasteiger partial charge in [0.2, 0.25) is 0 Å². The molecular formula is C17H31N5O. The number of hydrogen-bond acceptors (Lipinski definition) is 5. The zero-order valence-corrected chi connectivity index (χ0v) is 14.4. The Morgan fingerprint density at radius 3 is 2.57 bits per heavy atom. The molecule has 1 saturated carbocycles. The van der Waals surface area contributed by atoms with Gasteiger partial charge in [0.25, 0.3) is 0 Å². The van der Waals surface area contributed by atoms with Crippen LogP contribution in [-0.4, -0.2) is 64.1 Å². The quantitative estimate of drug-likeness (QED) is 0.808. The Balaban J connectivity index is 1.60. The van der Waals surface area contributed by atoms with Crippen LogP contribution in [-0.2, 0) is 11.3 Å². The van der Waals surface area contributed by atoms with E-state index in [0.717, 1.165) is 39.4 Å². The summed E-state index contributed by atoms with van der Waals surface area (Å²) in [6, 6.07) is 0.401. The minimum absolute atomic E-state index is 0.316. The van der Waals surface area contributed by atoms with Crippen molar-refractivity contribution in [1.82, 2.24) is 25.0 Å². The summed E-state index contributed by atoms with van der Waals surface area (Å²) in [6.45, 7) is 8.12. The van der Waals surface area contributed by atoms with Gasteiger partial charge in [-0.1, -0.05) is 25.7 Å². The van der Waals surface area contributed by atoms with E-state index < -0.39 is 0 Å². The molecule has 0 spiro atoms. The fraction of sp³-hybridized carbons (Fsp3) is 0.882. The van der Waals surface area contributed by atoms with Crippen LogP contribution in [0.1, 0.15) is 45.4 Å². The van der Waals surface area contributed by atoms with Crippen LogP contribution in [0.15, 0.2) is 12.7 Å². The Labute approximate surface area is 139 Å². The maximum absolute atomic E-state index is 5.58. The molecule has 6 nitrogen and oxygen atoms in total. The molecule has 6 heteroatoms. The average molecular weight is 321 g/mol. The minimum Gasteiger partial charge on any atom is -0.379 e. The summed E-state index contributed by atoms with van der Waals surface area (Å²) in [7, 11) is 0. The third-order valence-corrected chi connectivity index (χ3v) is 5.42. The van der Waals surface area contributed by atoms with E-state index in [0.29, 0.717) is 11.6 Å². The number of nitrogens with one attached hydrogen (secondary N) is 1. The highest BCUT2D eigenvalue weighted by Gasteiger charge is 2.37. The van der Waals surface area contributed by atoms with E-state index in [-0.39, 0.29) is 0 Å². The van der Waals surface area contributed by atoms with Crippen molar-refractivity contribution in [1.29, 1.82) is 0 Å². The van der Waals surface area contributed by atoms with Crippen molar-refractivity contribution in [2.45, 2.75) is 63.6 Å². The third-order valence-electron chi connectivity index (χ3n) is 5.42. The minimum atomic E-state index is 0.316. The van der Waals surface area contributed by atoms with Gasteiger partial charge in [0, 0.05) is 31.2 Å². The third kappa shape index (κ3) is 4.52. The maximum Gasteiger partial charge on any atom is 0.137 e. The molecule has 0 radical (unpaired) electrons. The molecule has 0 bridgehead atoms. The van der Waals surface area contributed by atoms with Gasteiger partial charge in [-0.25, -0.2) is 4.98 Å². The lowest BCUT2D eigenvalue weighted by molar-refractivity contribution is -0.0296. The van der Waals surface area contributed by atoms with Crippen molar-refractivity contribution in [3.05, 3.63) is 12.7 Å². The molecule has 2 aliphatic rings. The molecule has 1 atom stereocenters. The van der Waals surface area contributed by atoms with Crippen molar-refractivity contribution in [2.24, 2.45) is 0 Å². The number of hydrogen-bond donors (Lipinski definition) is 1. The first-order valence-electron chi connectivity index (χ1n) is 9.17. The molecule has 1 unspecified atom stereocenters. The fourth-order valence-electron chi connectivity index (χ4n) is 4.07. The Morgan fingerprint density at radius 1 is 1.17 bits per heavy atom. The molecule has 1 aliphatic carbocycles. The topological polar surface area (TPSA) is 55.2 Å². The highest BCUT2D eigenvalue weighted by atomic mass is 16.5. The van der Waals surface area contributed by atoms with E-state index >= 15 is 0 Å². The van der Waals surface area contributed by atoms with E-state index in [1.54, 1.807) is 12.7 Å². The zero-order chi connectivity index (χ0) is 16.0. The second-order valence-corrected chi connectivity index (χ2v) is 7.14. The van der Waals surface area contributed by atoms with Gasteiger partial charge in [0.1, 0.15) is 12.7 Å². The predicted molar refractivity (Wildman–Crippen MR) is 90.3 cm³/mol. The summed E-state index contributed by atoms with van der Waals surface area (Å²) in [5, 5.41) is 8.00. The van der Waals surface area contributed by atoms with Crippen LogP contribution in [0.4, 0.5) is 0 Å². The second-order valence-electron chi connectivity index (χ2n) is 7.14. The Bertz CT molecular complexity index is 436. The molecule has 1 aromatic heterocycles. The van der Waals surface area contributed by atoms with Crippen LogP contribution < -0.4 is 5.32 Å². The highest BCUT2D eigenvalue weighted by molar-refractivity contribution is 4.95. The van der Waals surface area contributed by atoms with Gasteiger partial charge < -0.3 is 10.1 Å². The van der Waals surface area contributed by atoms with Gasteiger partial charge >= 0.3 is 0 Å². The molecule has 0 amide bonds. The first-order chi connectivity index (χ1) is 11.3. The molecule has 23 heavy (non-hydrogen) atoms. The number of morpholine rings is 1. The maximum atomic E-state index is 5.58. The van der Waals surface area contributed by atoms with Crippen LogP contribution >= 0.6 is 0 Å². The molecule has 2 heterocycles. The largest absolute Gasteiger partial charge is 0.379 e. The van der Waals surface area contributed by atoms with E-state index in [4.69, 9.17) is 4.74 Å². The Kier molecular flexibility index (Phi) is 6.02. The molecule has 1 aliphatic heterocycles. The van der Waals surface area contributed by atoms with Crippen molar-refractivity contribution >= 4 is 0 Å². The molecule has 1 N–H and O–H groups in total. The van der Waals surface area contributed by atoms with Crippen LogP contribution in [0.2, 0.25) is 0 Å². The molecule has 2 fully saturated rings. The molecule has 130 valence electrons. The normalized spacial score (nSPS) is 24.2. The van der Waals surface area contributed by atoms with Crippen LogP contribution in [0.25, 0.3) is 0 Å². The van der Waals surface area contributed by atoms with E-state index in [1.807, 2.05) is 4.68 Å². The summed E-state index contributed by atoms with van der Waals surface area (Å²) >= 11 is 0. The number of ether oxygens (including phenoxy) is 1. The highest BCUT2D eigenvalue weighted by Crippen LogP contribution is 2.33. The van der Waals surface area contributed by atoms with Crippen molar-refractivity contribution in [3.63, 3.8) is 0 Å². The van der Waals surface area contributed by atoms with Crippen molar-refractivity contribution < 1.29 is 4.74 Å². The monoisotopic (exact) mass is 321 g/mol. The molecule has 1 saturated heterocycles. The van der Waals surface area contributed by atoms with Gasteiger partial charge in [0.15, 0.2) is 0 Å². The summed E-state index contributed by atoms with van der Waals surface area (Å²) in [6.07, 6.45) is 11.5. The van der Waals surface area contributed by atoms with E-state index in [2.05, 4.69) is 27.2 Å². The standard InChI is InChI=1S/C17H31N5O/c1-16(12-22-15-18-14-20-22)19-13-17(6-4-2-3-5-7-17)21-8-10-23-11-9-21/h14-16,19H,2-13H2,1H3. The van der Waals surface area contributed by atoms with E-state index in [1.165, 1.54) is 38.5 Å². The summed E-state index contributed by atoms with van der Waals surface area (Å²) in [4.78, 5) is 6.73. The summed E-state index contributed by atoms with van der Waals surface area (Å²) in [5.74, 6) is 0. The summed E-state index contributed by atoms with van der Waals surface area (Å²) < 4.78 is 7.49. The Hall–Kier alpha value is -0.980. The summed E-state index contributed by atoms with van der Waals surface area (Å²) in [5.41, 5.74) is 0.316. The smallest absolute Gasteiger partial charge is 0.137 e. The van der Waals surface area contributed by atoms with Gasteiger partial charge in [-0.05, 0) is 19.8 Å². The first-order valence-corrected chi connectivity index (χ1v) is 9.17. The first kappa shape index (κ1) is 16.9. The molecule has 0 aromatic carbocycles. The number of aromatic nitrogens is 3. The predicted octanol–water partition coefficient (Wildman–Crippen LogP) is 1.68. The van der Waals surface area contributed by atoms with Crippen molar-refractivity contribution in [3.8, 4) is 0 Å². The lowest BCUT2D eigenvalue weighted by Crippen LogP contribution is -2.59. The lowest BCUT2D eigenvalue weighted by Gasteiger charge is -2.46. The number of nitrogens with zero attached hydrogens (tertiary/aromatic N) is 4. The Morgan fingerprint density at radius 2 is 1.91 bits per heavy atom. The van der Waals surface area contributed by atoms with Gasteiger partial charge in [0.05, 0.1) is 19.8 Å². The number of rotatable bonds is 6. The van der Waals surface area contributed by atoms with Crippen LogP contribution in [0.3, 0.4) is 0 Å². The molecule has 1 aromatic rings. The zero-order valence-electron chi connectivity index (χ0n) is 14.4. The molecular weight excluding hydrogens is 290 g/mol. The van der Waals surface area contributed by atoms with E-state index in [9.17, 15) is 0 Å². The van der Waals surface area contributed by atoms with Crippen molar-refractivity contribution in [2.75, 3.05) is 32.8 Å². The lowest BCUT2D eigenvalue weighted by atomic mass is 9.87. The van der Waals surface area contributed by atoms with Gasteiger partial charge in [-0.3, -0.25) is 9.58 Å². The van der Waals surface area contributed by atoms with Gasteiger partial charge in [-0.15, -0.1) is 0 Å². The van der Waals surface area contributed by atoms with Crippen LogP contribution in [0.5, 0.6) is 0 Å². The van der Waals surface area contributed by atoms with Gasteiger partial charge in [-0.2, -0.15) is 5.10 Å². The van der Waals surface area contributed by atoms with Crippen LogP contribution in [0, 0.1) is 0 Å². The fourth-order valence-corrected chi connectivity index (χ4v) is 4.07. The SMILES string of the molecule is CC(Cn1cncn1)NCC1(N2CCOCC2)CCCCCC1. The second kappa shape index (κ2) is 8.22.